The van der Waals surface area contributed by atoms with Gasteiger partial charge in [0.05, 0.1) is 18.6 Å². The van der Waals surface area contributed by atoms with Crippen molar-refractivity contribution in [2.24, 2.45) is 11.7 Å². The maximum absolute atomic E-state index is 11.3. The zero-order chi connectivity index (χ0) is 16.4. The number of nitrogens with zero attached hydrogens (tertiary/aromatic N) is 1. The van der Waals surface area contributed by atoms with Gasteiger partial charge in [0.15, 0.2) is 0 Å². The van der Waals surface area contributed by atoms with Crippen LogP contribution in [0.3, 0.4) is 0 Å². The number of carbonyl (C=O) groups excluding carboxylic acids is 1. The summed E-state index contributed by atoms with van der Waals surface area (Å²) in [6, 6.07) is 8.42. The first kappa shape index (κ1) is 16.6. The van der Waals surface area contributed by atoms with Crippen molar-refractivity contribution in [2.45, 2.75) is 24.3 Å². The topological polar surface area (TPSA) is 60.4 Å². The maximum Gasteiger partial charge on any atom is 0.220 e. The molecule has 23 heavy (non-hydrogen) atoms. The highest BCUT2D eigenvalue weighted by Crippen LogP contribution is 2.24. The summed E-state index contributed by atoms with van der Waals surface area (Å²) < 4.78 is 0. The molecule has 0 radical (unpaired) electrons. The van der Waals surface area contributed by atoms with Gasteiger partial charge >= 0.3 is 0 Å². The number of benzene rings is 1. The van der Waals surface area contributed by atoms with Crippen molar-refractivity contribution in [1.29, 1.82) is 0 Å². The number of fused-ring (bicyclic) bond motifs is 1. The Morgan fingerprint density at radius 3 is 2.78 bits per heavy atom. The molecule has 1 aliphatic heterocycles. The van der Waals surface area contributed by atoms with Crippen molar-refractivity contribution in [3.05, 3.63) is 35.0 Å². The van der Waals surface area contributed by atoms with Crippen molar-refractivity contribution in [2.75, 3.05) is 19.3 Å². The van der Waals surface area contributed by atoms with Gasteiger partial charge < -0.3 is 10.6 Å². The molecular weight excluding hydrogens is 330 g/mol. The Bertz CT molecular complexity index is 729. The molecule has 1 aromatic carbocycles. The zero-order valence-electron chi connectivity index (χ0n) is 13.1. The van der Waals surface area contributed by atoms with E-state index in [-0.39, 0.29) is 11.8 Å². The number of aromatic nitrogens is 1. The Morgan fingerprint density at radius 1 is 1.39 bits per heavy atom. The van der Waals surface area contributed by atoms with Gasteiger partial charge in [0.2, 0.25) is 5.91 Å². The molecule has 0 saturated carbocycles. The van der Waals surface area contributed by atoms with Crippen LogP contribution >= 0.6 is 23.4 Å². The number of amides is 1. The molecule has 2 heterocycles. The molecule has 1 aliphatic rings. The van der Waals surface area contributed by atoms with Crippen LogP contribution in [0.25, 0.3) is 10.9 Å². The molecular formula is C17H21ClN3OS+. The lowest BCUT2D eigenvalue weighted by Crippen LogP contribution is -3.11. The second kappa shape index (κ2) is 7.07. The molecule has 122 valence electrons. The van der Waals surface area contributed by atoms with Gasteiger partial charge in [0.1, 0.15) is 11.7 Å². The average Bonchev–Trinajstić information content (AvgIpc) is 2.55. The van der Waals surface area contributed by atoms with Crippen LogP contribution in [0.15, 0.2) is 29.2 Å². The van der Waals surface area contributed by atoms with Crippen molar-refractivity contribution in [3.8, 4) is 0 Å². The standard InChI is InChI=1S/C17H20ClN3OS/c1-23-14-3-2-12-8-13(16(18)20-15(12)9-14)10-21-6-4-11(5-7-21)17(19)22/h2-3,8-9,11H,4-7,10H2,1H3,(H2,19,22)/p+1. The van der Waals surface area contributed by atoms with Crippen molar-refractivity contribution < 1.29 is 9.69 Å². The molecule has 0 bridgehead atoms. The van der Waals surface area contributed by atoms with Crippen molar-refractivity contribution >= 4 is 40.2 Å². The molecule has 4 nitrogen and oxygen atoms in total. The van der Waals surface area contributed by atoms with E-state index in [4.69, 9.17) is 17.3 Å². The van der Waals surface area contributed by atoms with Crippen LogP contribution in [0.2, 0.25) is 5.15 Å². The molecule has 0 aliphatic carbocycles. The van der Waals surface area contributed by atoms with Gasteiger partial charge in [-0.05, 0) is 24.5 Å². The smallest absolute Gasteiger partial charge is 0.220 e. The minimum Gasteiger partial charge on any atom is -0.369 e. The Labute approximate surface area is 145 Å². The summed E-state index contributed by atoms with van der Waals surface area (Å²) in [6.07, 6.45) is 3.77. The third kappa shape index (κ3) is 3.79. The predicted octanol–water partition coefficient (Wildman–Crippen LogP) is 1.89. The van der Waals surface area contributed by atoms with E-state index in [1.165, 1.54) is 9.80 Å². The average molecular weight is 351 g/mol. The van der Waals surface area contributed by atoms with E-state index in [1.807, 2.05) is 0 Å². The number of primary amides is 1. The number of piperidine rings is 1. The van der Waals surface area contributed by atoms with Crippen LogP contribution in [-0.2, 0) is 11.3 Å². The van der Waals surface area contributed by atoms with Crippen molar-refractivity contribution in [1.82, 2.24) is 4.98 Å². The SMILES string of the molecule is CSc1ccc2cc(C[NH+]3CCC(C(N)=O)CC3)c(Cl)nc2c1. The van der Waals surface area contributed by atoms with Gasteiger partial charge in [-0.25, -0.2) is 4.98 Å². The molecule has 6 heteroatoms. The second-order valence-corrected chi connectivity index (χ2v) is 7.34. The first-order valence-electron chi connectivity index (χ1n) is 7.83. The Hall–Kier alpha value is -1.30. The number of hydrogen-bond acceptors (Lipinski definition) is 3. The van der Waals surface area contributed by atoms with E-state index in [1.54, 1.807) is 11.8 Å². The molecule has 3 N–H and O–H groups in total. The van der Waals surface area contributed by atoms with Crippen LogP contribution in [-0.4, -0.2) is 30.2 Å². The minimum absolute atomic E-state index is 0.0360. The minimum atomic E-state index is -0.168. The van der Waals surface area contributed by atoms with E-state index in [0.29, 0.717) is 5.15 Å². The summed E-state index contributed by atoms with van der Waals surface area (Å²) in [6.45, 7) is 2.75. The number of nitrogens with two attached hydrogens (primary N) is 1. The molecule has 1 fully saturated rings. The lowest BCUT2D eigenvalue weighted by Gasteiger charge is -2.27. The fraction of sp³-hybridized carbons (Fsp3) is 0.412. The highest BCUT2D eigenvalue weighted by molar-refractivity contribution is 7.98. The van der Waals surface area contributed by atoms with Crippen LogP contribution in [0, 0.1) is 5.92 Å². The monoisotopic (exact) mass is 350 g/mol. The Kier molecular flexibility index (Phi) is 5.09. The number of thioether (sulfide) groups is 1. The van der Waals surface area contributed by atoms with Gasteiger partial charge in [-0.3, -0.25) is 4.79 Å². The van der Waals surface area contributed by atoms with E-state index in [9.17, 15) is 4.79 Å². The van der Waals surface area contributed by atoms with Crippen molar-refractivity contribution in [3.63, 3.8) is 0 Å². The van der Waals surface area contributed by atoms with E-state index in [0.717, 1.165) is 48.9 Å². The summed E-state index contributed by atoms with van der Waals surface area (Å²) >= 11 is 8.09. The predicted molar refractivity (Wildman–Crippen MR) is 94.9 cm³/mol. The number of nitrogens with one attached hydrogen (secondary N) is 1. The van der Waals surface area contributed by atoms with Gasteiger partial charge in [-0.1, -0.05) is 17.7 Å². The zero-order valence-corrected chi connectivity index (χ0v) is 14.7. The summed E-state index contributed by atoms with van der Waals surface area (Å²) in [5.74, 6) is -0.132. The highest BCUT2D eigenvalue weighted by Gasteiger charge is 2.26. The van der Waals surface area contributed by atoms with Crippen LogP contribution < -0.4 is 10.6 Å². The van der Waals surface area contributed by atoms with Gasteiger partial charge in [-0.2, -0.15) is 0 Å². The second-order valence-electron chi connectivity index (χ2n) is 6.10. The lowest BCUT2D eigenvalue weighted by atomic mass is 9.96. The normalized spacial score (nSPS) is 21.5. The number of pyridine rings is 1. The number of halogens is 1. The van der Waals surface area contributed by atoms with Gasteiger partial charge in [0, 0.05) is 34.6 Å². The Balaban J connectivity index is 1.75. The summed E-state index contributed by atoms with van der Waals surface area (Å²) in [4.78, 5) is 18.4. The molecule has 0 spiro atoms. The molecule has 0 atom stereocenters. The summed E-state index contributed by atoms with van der Waals surface area (Å²) in [5.41, 5.74) is 7.40. The summed E-state index contributed by atoms with van der Waals surface area (Å²) in [5, 5.41) is 1.70. The molecule has 0 unspecified atom stereocenters. The molecule has 1 amide bonds. The number of rotatable bonds is 4. The molecule has 2 aromatic rings. The molecule has 1 saturated heterocycles. The number of quaternary nitrogens is 1. The van der Waals surface area contributed by atoms with Crippen LogP contribution in [0.1, 0.15) is 18.4 Å². The Morgan fingerprint density at radius 2 is 2.13 bits per heavy atom. The van der Waals surface area contributed by atoms with Crippen LogP contribution in [0.4, 0.5) is 0 Å². The third-order valence-corrected chi connectivity index (χ3v) is 5.64. The molecule has 1 aromatic heterocycles. The van der Waals surface area contributed by atoms with E-state index >= 15 is 0 Å². The first-order valence-corrected chi connectivity index (χ1v) is 9.43. The van der Waals surface area contributed by atoms with Gasteiger partial charge in [0.25, 0.3) is 0 Å². The quantitative estimate of drug-likeness (QED) is 0.654. The van der Waals surface area contributed by atoms with E-state index < -0.39 is 0 Å². The van der Waals surface area contributed by atoms with E-state index in [2.05, 4.69) is 35.5 Å². The fourth-order valence-corrected chi connectivity index (χ4v) is 3.82. The fourth-order valence-electron chi connectivity index (χ4n) is 3.17. The molecule has 3 rings (SSSR count). The van der Waals surface area contributed by atoms with Gasteiger partial charge in [-0.15, -0.1) is 11.8 Å². The highest BCUT2D eigenvalue weighted by atomic mass is 35.5. The lowest BCUT2D eigenvalue weighted by molar-refractivity contribution is -0.919. The van der Waals surface area contributed by atoms with Crippen LogP contribution in [0.5, 0.6) is 0 Å². The first-order chi connectivity index (χ1) is 11.1. The summed E-state index contributed by atoms with van der Waals surface area (Å²) in [7, 11) is 0. The maximum atomic E-state index is 11.3. The largest absolute Gasteiger partial charge is 0.369 e. The number of likely N-dealkylation sites (tertiary alicyclic amines) is 1. The third-order valence-electron chi connectivity index (χ3n) is 4.59. The number of hydrogen-bond donors (Lipinski definition) is 2. The number of carbonyl (C=O) groups is 1.